The molecule has 3 aromatic rings. The zero-order chi connectivity index (χ0) is 13.9. The van der Waals surface area contributed by atoms with Gasteiger partial charge >= 0.3 is 0 Å². The topological polar surface area (TPSA) is 17.8 Å². The Bertz CT molecular complexity index is 714. The van der Waals surface area contributed by atoms with Crippen LogP contribution in [0.3, 0.4) is 0 Å². The standard InChI is InChI=1S/C16H17ClN2S/c1-2-12-7-8-13(20-12)11-19-15-6-4-3-5-14(15)18-16(19)9-10-17/h3-8H,2,9-11H2,1H3. The van der Waals surface area contributed by atoms with Crippen molar-refractivity contribution >= 4 is 34.0 Å². The van der Waals surface area contributed by atoms with E-state index >= 15 is 0 Å². The van der Waals surface area contributed by atoms with Crippen molar-refractivity contribution in [2.75, 3.05) is 5.88 Å². The lowest BCUT2D eigenvalue weighted by Crippen LogP contribution is -2.04. The Balaban J connectivity index is 2.01. The Morgan fingerprint density at radius 2 is 1.95 bits per heavy atom. The lowest BCUT2D eigenvalue weighted by atomic mass is 10.3. The number of alkyl halides is 1. The predicted octanol–water partition coefficient (Wildman–Crippen LogP) is 4.49. The van der Waals surface area contributed by atoms with Gasteiger partial charge in [0.1, 0.15) is 5.82 Å². The van der Waals surface area contributed by atoms with Gasteiger partial charge in [-0.25, -0.2) is 4.98 Å². The molecule has 0 bridgehead atoms. The zero-order valence-electron chi connectivity index (χ0n) is 11.5. The lowest BCUT2D eigenvalue weighted by Gasteiger charge is -2.06. The number of thiophene rings is 1. The SMILES string of the molecule is CCc1ccc(Cn2c(CCCl)nc3ccccc32)s1. The maximum atomic E-state index is 5.91. The number of fused-ring (bicyclic) bond motifs is 1. The predicted molar refractivity (Wildman–Crippen MR) is 87.0 cm³/mol. The fraction of sp³-hybridized carbons (Fsp3) is 0.312. The third kappa shape index (κ3) is 2.60. The quantitative estimate of drug-likeness (QED) is 0.635. The van der Waals surface area contributed by atoms with Crippen molar-refractivity contribution in [1.29, 1.82) is 0 Å². The summed E-state index contributed by atoms with van der Waals surface area (Å²) in [6.45, 7) is 3.08. The van der Waals surface area contributed by atoms with Crippen LogP contribution in [0.5, 0.6) is 0 Å². The molecule has 2 heterocycles. The van der Waals surface area contributed by atoms with Crippen LogP contribution in [0.25, 0.3) is 11.0 Å². The number of halogens is 1. The fourth-order valence-corrected chi connectivity index (χ4v) is 3.55. The number of para-hydroxylation sites is 2. The minimum Gasteiger partial charge on any atom is -0.323 e. The van der Waals surface area contributed by atoms with Crippen LogP contribution in [-0.4, -0.2) is 15.4 Å². The van der Waals surface area contributed by atoms with Crippen molar-refractivity contribution in [2.24, 2.45) is 0 Å². The molecule has 0 aliphatic heterocycles. The van der Waals surface area contributed by atoms with Crippen molar-refractivity contribution in [1.82, 2.24) is 9.55 Å². The first-order chi connectivity index (χ1) is 9.81. The van der Waals surface area contributed by atoms with Crippen molar-refractivity contribution < 1.29 is 0 Å². The van der Waals surface area contributed by atoms with Gasteiger partial charge in [0.25, 0.3) is 0 Å². The molecule has 3 rings (SSSR count). The fourth-order valence-electron chi connectivity index (χ4n) is 2.43. The molecule has 0 saturated carbocycles. The molecule has 0 spiro atoms. The summed E-state index contributed by atoms with van der Waals surface area (Å²) in [4.78, 5) is 7.52. The van der Waals surface area contributed by atoms with Crippen LogP contribution in [0.4, 0.5) is 0 Å². The molecule has 4 heteroatoms. The van der Waals surface area contributed by atoms with Crippen LogP contribution in [0.1, 0.15) is 22.5 Å². The summed E-state index contributed by atoms with van der Waals surface area (Å²) in [5.41, 5.74) is 2.25. The van der Waals surface area contributed by atoms with Gasteiger partial charge in [0.2, 0.25) is 0 Å². The monoisotopic (exact) mass is 304 g/mol. The highest BCUT2D eigenvalue weighted by molar-refractivity contribution is 7.11. The average molecular weight is 305 g/mol. The minimum atomic E-state index is 0.605. The van der Waals surface area contributed by atoms with Gasteiger partial charge in [-0.3, -0.25) is 0 Å². The van der Waals surface area contributed by atoms with Crippen molar-refractivity contribution in [3.8, 4) is 0 Å². The number of aromatic nitrogens is 2. The van der Waals surface area contributed by atoms with E-state index in [1.807, 2.05) is 17.4 Å². The molecule has 1 aromatic carbocycles. The van der Waals surface area contributed by atoms with E-state index in [-0.39, 0.29) is 0 Å². The summed E-state index contributed by atoms with van der Waals surface area (Å²) in [5, 5.41) is 0. The summed E-state index contributed by atoms with van der Waals surface area (Å²) >= 11 is 7.80. The first-order valence-corrected chi connectivity index (χ1v) is 8.24. The molecule has 0 atom stereocenters. The molecule has 104 valence electrons. The van der Waals surface area contributed by atoms with Crippen molar-refractivity contribution in [2.45, 2.75) is 26.3 Å². The van der Waals surface area contributed by atoms with Crippen molar-refractivity contribution in [3.63, 3.8) is 0 Å². The second kappa shape index (κ2) is 5.98. The first kappa shape index (κ1) is 13.7. The van der Waals surface area contributed by atoms with Gasteiger partial charge in [0, 0.05) is 22.1 Å². The number of nitrogens with zero attached hydrogens (tertiary/aromatic N) is 2. The van der Waals surface area contributed by atoms with Gasteiger partial charge in [-0.05, 0) is 30.7 Å². The van der Waals surface area contributed by atoms with Gasteiger partial charge in [-0.1, -0.05) is 19.1 Å². The van der Waals surface area contributed by atoms with Gasteiger partial charge < -0.3 is 4.57 Å². The smallest absolute Gasteiger partial charge is 0.111 e. The van der Waals surface area contributed by atoms with E-state index < -0.39 is 0 Å². The maximum Gasteiger partial charge on any atom is 0.111 e. The molecule has 2 nitrogen and oxygen atoms in total. The van der Waals surface area contributed by atoms with E-state index in [2.05, 4.69) is 41.8 Å². The van der Waals surface area contributed by atoms with Gasteiger partial charge in [0.15, 0.2) is 0 Å². The highest BCUT2D eigenvalue weighted by Gasteiger charge is 2.11. The normalized spacial score (nSPS) is 11.3. The summed E-state index contributed by atoms with van der Waals surface area (Å²) in [6, 6.07) is 12.7. The third-order valence-electron chi connectivity index (χ3n) is 3.43. The van der Waals surface area contributed by atoms with E-state index in [1.54, 1.807) is 0 Å². The Hall–Kier alpha value is -1.32. The van der Waals surface area contributed by atoms with E-state index in [0.717, 1.165) is 30.7 Å². The Labute approximate surface area is 128 Å². The Morgan fingerprint density at radius 3 is 2.70 bits per heavy atom. The molecule has 0 unspecified atom stereocenters. The van der Waals surface area contributed by atoms with Crippen LogP contribution in [-0.2, 0) is 19.4 Å². The Morgan fingerprint density at radius 1 is 1.15 bits per heavy atom. The van der Waals surface area contributed by atoms with E-state index in [1.165, 1.54) is 15.3 Å². The summed E-state index contributed by atoms with van der Waals surface area (Å²) < 4.78 is 2.29. The molecular formula is C16H17ClN2S. The zero-order valence-corrected chi connectivity index (χ0v) is 13.0. The number of imidazole rings is 1. The van der Waals surface area contributed by atoms with E-state index in [0.29, 0.717) is 5.88 Å². The first-order valence-electron chi connectivity index (χ1n) is 6.89. The molecule has 0 aliphatic carbocycles. The number of rotatable bonds is 5. The highest BCUT2D eigenvalue weighted by Crippen LogP contribution is 2.22. The van der Waals surface area contributed by atoms with Gasteiger partial charge in [0.05, 0.1) is 17.6 Å². The van der Waals surface area contributed by atoms with Crippen LogP contribution in [0, 0.1) is 0 Å². The molecule has 0 radical (unpaired) electrons. The van der Waals surface area contributed by atoms with Gasteiger partial charge in [-0.2, -0.15) is 0 Å². The second-order valence-corrected chi connectivity index (χ2v) is 6.39. The van der Waals surface area contributed by atoms with Crippen LogP contribution >= 0.6 is 22.9 Å². The number of hydrogen-bond donors (Lipinski definition) is 0. The summed E-state index contributed by atoms with van der Waals surface area (Å²) in [7, 11) is 0. The molecular weight excluding hydrogens is 288 g/mol. The van der Waals surface area contributed by atoms with Crippen LogP contribution in [0.15, 0.2) is 36.4 Å². The van der Waals surface area contributed by atoms with E-state index in [4.69, 9.17) is 16.6 Å². The summed E-state index contributed by atoms with van der Waals surface area (Å²) in [5.74, 6) is 1.68. The van der Waals surface area contributed by atoms with Gasteiger partial charge in [-0.15, -0.1) is 22.9 Å². The maximum absolute atomic E-state index is 5.91. The molecule has 0 aliphatic rings. The van der Waals surface area contributed by atoms with E-state index in [9.17, 15) is 0 Å². The largest absolute Gasteiger partial charge is 0.323 e. The molecule has 0 saturated heterocycles. The molecule has 2 aromatic heterocycles. The molecule has 0 amide bonds. The highest BCUT2D eigenvalue weighted by atomic mass is 35.5. The minimum absolute atomic E-state index is 0.605. The average Bonchev–Trinajstić information content (AvgIpc) is 3.05. The second-order valence-electron chi connectivity index (χ2n) is 4.76. The lowest BCUT2D eigenvalue weighted by molar-refractivity contribution is 0.763. The Kier molecular flexibility index (Phi) is 4.08. The number of benzene rings is 1. The molecule has 0 N–H and O–H groups in total. The summed E-state index contributed by atoms with van der Waals surface area (Å²) in [6.07, 6.45) is 1.91. The van der Waals surface area contributed by atoms with Crippen LogP contribution in [0.2, 0.25) is 0 Å². The third-order valence-corrected chi connectivity index (χ3v) is 4.83. The van der Waals surface area contributed by atoms with Crippen LogP contribution < -0.4 is 0 Å². The molecule has 20 heavy (non-hydrogen) atoms. The molecule has 0 fully saturated rings. The number of aryl methyl sites for hydroxylation is 2. The van der Waals surface area contributed by atoms with Crippen molar-refractivity contribution in [3.05, 3.63) is 52.0 Å². The number of hydrogen-bond acceptors (Lipinski definition) is 2.